The van der Waals surface area contributed by atoms with Gasteiger partial charge in [0.05, 0.1) is 12.2 Å². The number of hydrogen-bond donors (Lipinski definition) is 2. The van der Waals surface area contributed by atoms with E-state index in [2.05, 4.69) is 4.90 Å². The number of aliphatic hydroxyl groups is 1. The highest BCUT2D eigenvalue weighted by atomic mass is 16.5. The van der Waals surface area contributed by atoms with Gasteiger partial charge in [-0.15, -0.1) is 0 Å². The Morgan fingerprint density at radius 3 is 2.86 bits per heavy atom. The first-order valence-corrected chi connectivity index (χ1v) is 5.32. The Hall–Kier alpha value is -0.160. The summed E-state index contributed by atoms with van der Waals surface area (Å²) in [5.41, 5.74) is 5.71. The minimum atomic E-state index is -0.275. The lowest BCUT2D eigenvalue weighted by Gasteiger charge is -2.38. The van der Waals surface area contributed by atoms with E-state index in [1.165, 1.54) is 0 Å². The van der Waals surface area contributed by atoms with Crippen LogP contribution in [-0.4, -0.2) is 55.0 Å². The normalized spacial score (nSPS) is 31.7. The fourth-order valence-electron chi connectivity index (χ4n) is 2.10. The quantitative estimate of drug-likeness (QED) is 0.663. The zero-order valence-electron chi connectivity index (χ0n) is 9.15. The summed E-state index contributed by atoms with van der Waals surface area (Å²) in [6, 6.07) is 0.364. The molecule has 0 aromatic rings. The van der Waals surface area contributed by atoms with Crippen LogP contribution in [0.4, 0.5) is 0 Å². The fourth-order valence-corrected chi connectivity index (χ4v) is 2.10. The second kappa shape index (κ2) is 5.66. The first-order chi connectivity index (χ1) is 6.67. The summed E-state index contributed by atoms with van der Waals surface area (Å²) in [6.45, 7) is 4.16. The number of β-amino-alcohol motifs (C(OH)–C–C–N with tert-alkyl or cyclic N) is 1. The van der Waals surface area contributed by atoms with Crippen molar-refractivity contribution in [2.45, 2.75) is 38.0 Å². The van der Waals surface area contributed by atoms with Crippen molar-refractivity contribution in [2.24, 2.45) is 5.73 Å². The number of hydrogen-bond acceptors (Lipinski definition) is 4. The number of ether oxygens (including phenoxy) is 1. The van der Waals surface area contributed by atoms with Gasteiger partial charge < -0.3 is 15.6 Å². The molecule has 0 spiro atoms. The molecule has 0 aromatic heterocycles. The molecule has 14 heavy (non-hydrogen) atoms. The second-order valence-electron chi connectivity index (χ2n) is 4.12. The number of nitrogens with zero attached hydrogens (tertiary/aromatic N) is 1. The van der Waals surface area contributed by atoms with Gasteiger partial charge in [-0.2, -0.15) is 0 Å². The molecule has 4 heteroatoms. The number of methoxy groups -OCH3 is 1. The monoisotopic (exact) mass is 202 g/mol. The minimum absolute atomic E-state index is 0.275. The maximum Gasteiger partial charge on any atom is 0.0639 e. The van der Waals surface area contributed by atoms with E-state index in [4.69, 9.17) is 10.5 Å². The molecule has 1 rings (SSSR count). The molecule has 1 aliphatic heterocycles. The SMILES string of the molecule is COC1CCN(C[C@@H](C)O)C(CN)C1. The summed E-state index contributed by atoms with van der Waals surface area (Å²) in [5, 5.41) is 9.33. The maximum absolute atomic E-state index is 9.33. The number of rotatable bonds is 4. The van der Waals surface area contributed by atoms with Crippen LogP contribution in [-0.2, 0) is 4.74 Å². The van der Waals surface area contributed by atoms with Gasteiger partial charge >= 0.3 is 0 Å². The average Bonchev–Trinajstić information content (AvgIpc) is 2.17. The van der Waals surface area contributed by atoms with Gasteiger partial charge in [-0.25, -0.2) is 0 Å². The van der Waals surface area contributed by atoms with E-state index in [9.17, 15) is 5.11 Å². The predicted molar refractivity (Wildman–Crippen MR) is 56.1 cm³/mol. The molecule has 0 saturated carbocycles. The van der Waals surface area contributed by atoms with Gasteiger partial charge in [0.25, 0.3) is 0 Å². The summed E-state index contributed by atoms with van der Waals surface area (Å²) in [5.74, 6) is 0. The van der Waals surface area contributed by atoms with Crippen LogP contribution in [0.3, 0.4) is 0 Å². The van der Waals surface area contributed by atoms with E-state index in [-0.39, 0.29) is 6.10 Å². The van der Waals surface area contributed by atoms with Crippen LogP contribution >= 0.6 is 0 Å². The molecule has 0 bridgehead atoms. The molecule has 0 aliphatic carbocycles. The minimum Gasteiger partial charge on any atom is -0.392 e. The molecule has 1 heterocycles. The Labute approximate surface area is 86.0 Å². The molecule has 3 atom stereocenters. The van der Waals surface area contributed by atoms with Crippen LogP contribution < -0.4 is 5.73 Å². The third-order valence-corrected chi connectivity index (χ3v) is 2.89. The van der Waals surface area contributed by atoms with Gasteiger partial charge in [-0.1, -0.05) is 0 Å². The van der Waals surface area contributed by atoms with E-state index in [1.54, 1.807) is 7.11 Å². The molecule has 1 fully saturated rings. The first kappa shape index (κ1) is 11.9. The molecule has 0 aromatic carbocycles. The van der Waals surface area contributed by atoms with Crippen LogP contribution in [0.2, 0.25) is 0 Å². The predicted octanol–water partition coefficient (Wildman–Crippen LogP) is -0.195. The molecule has 3 N–H and O–H groups in total. The van der Waals surface area contributed by atoms with Crippen LogP contribution in [0, 0.1) is 0 Å². The van der Waals surface area contributed by atoms with Crippen LogP contribution in [0.5, 0.6) is 0 Å². The number of likely N-dealkylation sites (tertiary alicyclic amines) is 1. The van der Waals surface area contributed by atoms with Crippen molar-refractivity contribution in [3.05, 3.63) is 0 Å². The highest BCUT2D eigenvalue weighted by Crippen LogP contribution is 2.19. The highest BCUT2D eigenvalue weighted by Gasteiger charge is 2.27. The topological polar surface area (TPSA) is 58.7 Å². The van der Waals surface area contributed by atoms with Gasteiger partial charge in [0.2, 0.25) is 0 Å². The van der Waals surface area contributed by atoms with Crippen molar-refractivity contribution in [2.75, 3.05) is 26.7 Å². The lowest BCUT2D eigenvalue weighted by Crippen LogP contribution is -2.50. The Bertz CT molecular complexity index is 164. The number of piperidine rings is 1. The zero-order chi connectivity index (χ0) is 10.6. The molecule has 1 saturated heterocycles. The van der Waals surface area contributed by atoms with Gasteiger partial charge in [-0.05, 0) is 19.8 Å². The van der Waals surface area contributed by atoms with E-state index in [0.29, 0.717) is 18.7 Å². The first-order valence-electron chi connectivity index (χ1n) is 5.32. The molecular formula is C10H22N2O2. The fraction of sp³-hybridized carbons (Fsp3) is 1.00. The standard InChI is InChI=1S/C10H22N2O2/c1-8(13)7-12-4-3-10(14-2)5-9(12)6-11/h8-10,13H,3-7,11H2,1-2H3/t8-,9?,10?/m1/s1. The third kappa shape index (κ3) is 3.20. The van der Waals surface area contributed by atoms with Gasteiger partial charge in [0.15, 0.2) is 0 Å². The lowest BCUT2D eigenvalue weighted by molar-refractivity contribution is -0.00154. The highest BCUT2D eigenvalue weighted by molar-refractivity contribution is 4.83. The Kier molecular flexibility index (Phi) is 4.81. The van der Waals surface area contributed by atoms with Crippen molar-refractivity contribution < 1.29 is 9.84 Å². The smallest absolute Gasteiger partial charge is 0.0639 e. The van der Waals surface area contributed by atoms with Gasteiger partial charge in [-0.3, -0.25) is 4.90 Å². The number of aliphatic hydroxyl groups excluding tert-OH is 1. The van der Waals surface area contributed by atoms with Crippen molar-refractivity contribution >= 4 is 0 Å². The number of nitrogens with two attached hydrogens (primary N) is 1. The van der Waals surface area contributed by atoms with E-state index >= 15 is 0 Å². The lowest BCUT2D eigenvalue weighted by atomic mass is 9.99. The van der Waals surface area contributed by atoms with Gasteiger partial charge in [0, 0.05) is 32.8 Å². The molecule has 84 valence electrons. The summed E-state index contributed by atoms with van der Waals surface area (Å²) < 4.78 is 5.33. The van der Waals surface area contributed by atoms with E-state index in [1.807, 2.05) is 6.92 Å². The Morgan fingerprint density at radius 2 is 2.36 bits per heavy atom. The van der Waals surface area contributed by atoms with Gasteiger partial charge in [0.1, 0.15) is 0 Å². The van der Waals surface area contributed by atoms with Crippen molar-refractivity contribution in [1.82, 2.24) is 4.90 Å². The summed E-state index contributed by atoms with van der Waals surface area (Å²) in [7, 11) is 1.75. The van der Waals surface area contributed by atoms with Crippen LogP contribution in [0.15, 0.2) is 0 Å². The maximum atomic E-state index is 9.33. The Balaban J connectivity index is 2.43. The summed E-state index contributed by atoms with van der Waals surface area (Å²) >= 11 is 0. The second-order valence-corrected chi connectivity index (χ2v) is 4.12. The molecular weight excluding hydrogens is 180 g/mol. The van der Waals surface area contributed by atoms with Crippen molar-refractivity contribution in [3.63, 3.8) is 0 Å². The van der Waals surface area contributed by atoms with E-state index in [0.717, 1.165) is 25.9 Å². The van der Waals surface area contributed by atoms with Crippen molar-refractivity contribution in [1.29, 1.82) is 0 Å². The molecule has 0 radical (unpaired) electrons. The summed E-state index contributed by atoms with van der Waals surface area (Å²) in [4.78, 5) is 2.26. The average molecular weight is 202 g/mol. The zero-order valence-corrected chi connectivity index (χ0v) is 9.15. The van der Waals surface area contributed by atoms with E-state index < -0.39 is 0 Å². The van der Waals surface area contributed by atoms with Crippen molar-refractivity contribution in [3.8, 4) is 0 Å². The molecule has 2 unspecified atom stereocenters. The Morgan fingerprint density at radius 1 is 1.64 bits per heavy atom. The van der Waals surface area contributed by atoms with Crippen LogP contribution in [0.1, 0.15) is 19.8 Å². The third-order valence-electron chi connectivity index (χ3n) is 2.89. The summed E-state index contributed by atoms with van der Waals surface area (Å²) in [6.07, 6.45) is 2.09. The molecule has 0 amide bonds. The molecule has 1 aliphatic rings. The largest absolute Gasteiger partial charge is 0.392 e. The van der Waals surface area contributed by atoms with Crippen LogP contribution in [0.25, 0.3) is 0 Å². The molecule has 4 nitrogen and oxygen atoms in total.